The van der Waals surface area contributed by atoms with Crippen molar-refractivity contribution in [2.45, 2.75) is 12.4 Å². The highest BCUT2D eigenvalue weighted by Crippen LogP contribution is 2.41. The Bertz CT molecular complexity index is 1240. The molecular weight excluding hydrogens is 568 g/mol. The summed E-state index contributed by atoms with van der Waals surface area (Å²) in [5, 5.41) is 4.84. The first-order valence-electron chi connectivity index (χ1n) is 9.38. The molecule has 1 atom stereocenters. The van der Waals surface area contributed by atoms with Gasteiger partial charge in [0.25, 0.3) is 0 Å². The Morgan fingerprint density at radius 2 is 1.31 bits per heavy atom. The van der Waals surface area contributed by atoms with Crippen LogP contribution in [0.4, 0.5) is 53.9 Å². The van der Waals surface area contributed by atoms with E-state index >= 15 is 0 Å². The van der Waals surface area contributed by atoms with Crippen LogP contribution in [0, 0.1) is 0 Å². The van der Waals surface area contributed by atoms with Gasteiger partial charge in [0, 0.05) is 4.47 Å². The molecule has 0 aromatic heterocycles. The molecule has 0 heterocycles. The van der Waals surface area contributed by atoms with E-state index < -0.39 is 52.2 Å². The Labute approximate surface area is 205 Å². The number of para-hydroxylation sites is 3. The number of rotatable bonds is 5. The van der Waals surface area contributed by atoms with Crippen LogP contribution >= 0.6 is 15.9 Å². The van der Waals surface area contributed by atoms with Crippen molar-refractivity contribution in [3.05, 3.63) is 82.3 Å². The molecule has 0 aliphatic carbocycles. The molecule has 0 aliphatic heterocycles. The predicted octanol–water partition coefficient (Wildman–Crippen LogP) is 7.06. The minimum Gasteiger partial charge on any atom is -0.755 e. The van der Waals surface area contributed by atoms with Gasteiger partial charge in [-0.25, -0.2) is 4.79 Å². The van der Waals surface area contributed by atoms with Gasteiger partial charge in [0.1, 0.15) is 0 Å². The lowest BCUT2D eigenvalue weighted by atomic mass is 10.1. The van der Waals surface area contributed by atoms with Crippen LogP contribution in [0.15, 0.2) is 71.2 Å². The van der Waals surface area contributed by atoms with Crippen LogP contribution in [0.1, 0.15) is 11.1 Å². The molecule has 0 bridgehead atoms. The summed E-state index contributed by atoms with van der Waals surface area (Å²) in [4.78, 5) is 12.5. The van der Waals surface area contributed by atoms with E-state index in [0.717, 1.165) is 6.07 Å². The number of benzene rings is 3. The number of urea groups is 1. The summed E-state index contributed by atoms with van der Waals surface area (Å²) in [6, 6.07) is 11.1. The van der Waals surface area contributed by atoms with Crippen molar-refractivity contribution in [1.29, 1.82) is 0 Å². The maximum Gasteiger partial charge on any atom is 0.416 e. The molecule has 0 aliphatic rings. The van der Waals surface area contributed by atoms with Gasteiger partial charge in [-0.2, -0.15) is 26.3 Å². The largest absolute Gasteiger partial charge is 0.755 e. The van der Waals surface area contributed by atoms with E-state index in [9.17, 15) is 39.9 Å². The molecule has 0 saturated heterocycles. The first kappa shape index (κ1) is 26.5. The third kappa shape index (κ3) is 6.52. The van der Waals surface area contributed by atoms with Gasteiger partial charge in [-0.3, -0.25) is 8.51 Å². The number of amides is 2. The van der Waals surface area contributed by atoms with Crippen LogP contribution < -0.4 is 14.9 Å². The van der Waals surface area contributed by atoms with Crippen molar-refractivity contribution in [3.8, 4) is 0 Å². The van der Waals surface area contributed by atoms with Gasteiger partial charge in [0.15, 0.2) is 0 Å². The van der Waals surface area contributed by atoms with Crippen molar-refractivity contribution in [1.82, 2.24) is 0 Å². The van der Waals surface area contributed by atoms with Crippen molar-refractivity contribution in [3.63, 3.8) is 0 Å². The monoisotopic (exact) mass is 580 g/mol. The molecule has 0 saturated carbocycles. The molecule has 186 valence electrons. The van der Waals surface area contributed by atoms with Gasteiger partial charge in [0.05, 0.1) is 45.1 Å². The van der Waals surface area contributed by atoms with E-state index in [1.807, 2.05) is 0 Å². The summed E-state index contributed by atoms with van der Waals surface area (Å²) in [7, 11) is 0. The van der Waals surface area contributed by atoms with E-state index in [0.29, 0.717) is 10.2 Å². The van der Waals surface area contributed by atoms with Crippen molar-refractivity contribution in [2.75, 3.05) is 14.9 Å². The number of hydrogen-bond acceptors (Lipinski definition) is 3. The molecule has 0 fully saturated rings. The standard InChI is InChI=1S/C21H14BrF6N3O3S/c22-15-5-1-2-6-16(15)29-19(32)30-17-7-3-4-8-18(17)31(35(33)34)14-10-12(20(23,24)25)9-13(11-14)21(26,27)28/h1-11H,(H,33,34)(H2,29,30,32)/p-1. The van der Waals surface area contributed by atoms with Crippen molar-refractivity contribution >= 4 is 56.0 Å². The number of halogens is 7. The minimum atomic E-state index is -5.19. The molecule has 1 unspecified atom stereocenters. The zero-order chi connectivity index (χ0) is 26.0. The lowest BCUT2D eigenvalue weighted by Gasteiger charge is -2.29. The molecule has 3 aromatic rings. The second kappa shape index (κ2) is 10.3. The number of carbonyl (C=O) groups is 1. The lowest BCUT2D eigenvalue weighted by molar-refractivity contribution is -0.143. The molecule has 35 heavy (non-hydrogen) atoms. The fourth-order valence-electron chi connectivity index (χ4n) is 2.96. The third-order valence-corrected chi connectivity index (χ3v) is 5.85. The molecule has 3 rings (SSSR count). The average molecular weight is 581 g/mol. The van der Waals surface area contributed by atoms with E-state index in [1.165, 1.54) is 18.2 Å². The van der Waals surface area contributed by atoms with E-state index in [2.05, 4.69) is 26.6 Å². The second-order valence-electron chi connectivity index (χ2n) is 6.85. The molecule has 3 aromatic carbocycles. The highest BCUT2D eigenvalue weighted by Gasteiger charge is 2.37. The first-order valence-corrected chi connectivity index (χ1v) is 11.2. The first-order chi connectivity index (χ1) is 16.3. The number of nitrogens with one attached hydrogen (secondary N) is 2. The van der Waals surface area contributed by atoms with Gasteiger partial charge in [-0.1, -0.05) is 24.3 Å². The van der Waals surface area contributed by atoms with Crippen LogP contribution in [-0.2, 0) is 23.6 Å². The molecule has 2 N–H and O–H groups in total. The fourth-order valence-corrected chi connectivity index (χ4v) is 3.94. The maximum absolute atomic E-state index is 13.3. The van der Waals surface area contributed by atoms with Gasteiger partial charge < -0.3 is 15.2 Å². The molecule has 0 radical (unpaired) electrons. The summed E-state index contributed by atoms with van der Waals surface area (Å²) in [5.74, 6) is 0. The van der Waals surface area contributed by atoms with Crippen LogP contribution in [0.2, 0.25) is 0 Å². The zero-order valence-corrected chi connectivity index (χ0v) is 19.5. The summed E-state index contributed by atoms with van der Waals surface area (Å²) in [6.07, 6.45) is -10.4. The van der Waals surface area contributed by atoms with Crippen LogP contribution in [0.3, 0.4) is 0 Å². The number of alkyl halides is 6. The number of carbonyl (C=O) groups excluding carboxylic acids is 1. The average Bonchev–Trinajstić information content (AvgIpc) is 2.75. The Morgan fingerprint density at radius 3 is 1.83 bits per heavy atom. The molecule has 0 spiro atoms. The van der Waals surface area contributed by atoms with Crippen LogP contribution in [0.25, 0.3) is 0 Å². The second-order valence-corrected chi connectivity index (χ2v) is 8.51. The summed E-state index contributed by atoms with van der Waals surface area (Å²) in [5.41, 5.74) is -4.58. The third-order valence-electron chi connectivity index (χ3n) is 4.45. The number of hydrogen-bond donors (Lipinski definition) is 2. The van der Waals surface area contributed by atoms with Crippen molar-refractivity contribution < 1.29 is 39.9 Å². The lowest BCUT2D eigenvalue weighted by Crippen LogP contribution is -2.25. The maximum atomic E-state index is 13.3. The topological polar surface area (TPSA) is 84.5 Å². The molecule has 14 heteroatoms. The summed E-state index contributed by atoms with van der Waals surface area (Å²) < 4.78 is 105. The normalized spacial score (nSPS) is 12.7. The minimum absolute atomic E-state index is 0.120. The highest BCUT2D eigenvalue weighted by atomic mass is 79.9. The summed E-state index contributed by atoms with van der Waals surface area (Å²) >= 11 is -0.146. The molecule has 2 amide bonds. The fraction of sp³-hybridized carbons (Fsp3) is 0.0952. The van der Waals surface area contributed by atoms with Crippen molar-refractivity contribution in [2.24, 2.45) is 0 Å². The Morgan fingerprint density at radius 1 is 0.829 bits per heavy atom. The van der Waals surface area contributed by atoms with Gasteiger partial charge in [-0.15, -0.1) is 0 Å². The van der Waals surface area contributed by atoms with Gasteiger partial charge in [-0.05, 0) is 58.4 Å². The number of anilines is 4. The van der Waals surface area contributed by atoms with E-state index in [-0.39, 0.29) is 28.2 Å². The smallest absolute Gasteiger partial charge is 0.416 e. The Balaban J connectivity index is 2.06. The quantitative estimate of drug-likeness (QED) is 0.250. The zero-order valence-electron chi connectivity index (χ0n) is 17.1. The predicted molar refractivity (Wildman–Crippen MR) is 121 cm³/mol. The SMILES string of the molecule is O=C(Nc1ccccc1Br)Nc1ccccc1N(c1cc(C(F)(F)F)cc(C(F)(F)F)c1)S(=O)[O-]. The van der Waals surface area contributed by atoms with Crippen LogP contribution in [0.5, 0.6) is 0 Å². The Hall–Kier alpha value is -3.10. The van der Waals surface area contributed by atoms with Gasteiger partial charge in [0.2, 0.25) is 0 Å². The molecule has 6 nitrogen and oxygen atoms in total. The van der Waals surface area contributed by atoms with E-state index in [1.54, 1.807) is 24.3 Å². The van der Waals surface area contributed by atoms with Crippen LogP contribution in [-0.4, -0.2) is 14.8 Å². The van der Waals surface area contributed by atoms with E-state index in [4.69, 9.17) is 0 Å². The highest BCUT2D eigenvalue weighted by molar-refractivity contribution is 9.10. The molecular formula is C21H13BrF6N3O3S-. The van der Waals surface area contributed by atoms with Gasteiger partial charge >= 0.3 is 18.4 Å². The summed E-state index contributed by atoms with van der Waals surface area (Å²) in [6.45, 7) is 0. The number of nitrogens with zero attached hydrogens (tertiary/aromatic N) is 1. The Kier molecular flexibility index (Phi) is 7.77.